The van der Waals surface area contributed by atoms with Gasteiger partial charge in [0.15, 0.2) is 0 Å². The predicted molar refractivity (Wildman–Crippen MR) is 170 cm³/mol. The lowest BCUT2D eigenvalue weighted by atomic mass is 10.0. The van der Waals surface area contributed by atoms with Crippen LogP contribution < -0.4 is 21.5 Å². The Morgan fingerprint density at radius 3 is 2.58 bits per heavy atom. The summed E-state index contributed by atoms with van der Waals surface area (Å²) in [5.74, 6) is -0.0579. The average molecular weight is 579 g/mol. The number of aryl methyl sites for hydroxylation is 1. The number of hydrogen-bond donors (Lipinski definition) is 3. The molecule has 0 bridgehead atoms. The molecule has 8 nitrogen and oxygen atoms in total. The Morgan fingerprint density at radius 1 is 1.07 bits per heavy atom. The number of carbonyl (C=O) groups is 1. The first-order valence-electron chi connectivity index (χ1n) is 14.0. The fourth-order valence-electron chi connectivity index (χ4n) is 5.22. The molecule has 9 heteroatoms. The number of anilines is 1. The van der Waals surface area contributed by atoms with Crippen molar-refractivity contribution in [2.45, 2.75) is 33.4 Å². The number of rotatable bonds is 9. The van der Waals surface area contributed by atoms with Gasteiger partial charge in [0.25, 0.3) is 11.5 Å². The van der Waals surface area contributed by atoms with Gasteiger partial charge in [-0.05, 0) is 80.9 Å². The van der Waals surface area contributed by atoms with E-state index in [4.69, 9.17) is 4.98 Å². The van der Waals surface area contributed by atoms with Gasteiger partial charge < -0.3 is 20.5 Å². The first-order chi connectivity index (χ1) is 20.6. The van der Waals surface area contributed by atoms with Crippen molar-refractivity contribution in [2.75, 3.05) is 19.4 Å². The first-order valence-corrected chi connectivity index (χ1v) is 14.0. The quantitative estimate of drug-likeness (QED) is 0.213. The van der Waals surface area contributed by atoms with E-state index in [1.807, 2.05) is 68.9 Å². The van der Waals surface area contributed by atoms with Crippen LogP contribution in [-0.2, 0) is 6.54 Å². The maximum absolute atomic E-state index is 14.0. The fourth-order valence-corrected chi connectivity index (χ4v) is 5.22. The number of carbonyl (C=O) groups excluding carboxylic acids is 1. The van der Waals surface area contributed by atoms with Crippen LogP contribution in [0.15, 0.2) is 90.1 Å². The lowest BCUT2D eigenvalue weighted by molar-refractivity contribution is 0.0962. The second kappa shape index (κ2) is 12.1. The van der Waals surface area contributed by atoms with Crippen LogP contribution in [0, 0.1) is 19.7 Å². The Bertz CT molecular complexity index is 1920. The number of aromatic nitrogens is 3. The van der Waals surface area contributed by atoms with Crippen LogP contribution >= 0.6 is 0 Å². The Kier molecular flexibility index (Phi) is 8.27. The predicted octanol–water partition coefficient (Wildman–Crippen LogP) is 5.55. The zero-order valence-corrected chi connectivity index (χ0v) is 25.0. The normalized spacial score (nSPS) is 11.9. The SMILES string of the molecule is C=C(Nc1cnc(-c2cccc(C(=O)NC)c2C)n(Cc2cccc(-n3cc(C)c4cc(F)ccc43)c2)c1=O)[C@H](C)NC. The number of nitrogens with one attached hydrogen (secondary N) is 3. The summed E-state index contributed by atoms with van der Waals surface area (Å²) < 4.78 is 17.6. The third kappa shape index (κ3) is 5.72. The molecule has 1 atom stereocenters. The largest absolute Gasteiger partial charge is 0.355 e. The van der Waals surface area contributed by atoms with E-state index >= 15 is 0 Å². The van der Waals surface area contributed by atoms with Gasteiger partial charge in [0.1, 0.15) is 17.3 Å². The number of nitrogens with zero attached hydrogens (tertiary/aromatic N) is 3. The maximum Gasteiger partial charge on any atom is 0.277 e. The van der Waals surface area contributed by atoms with Gasteiger partial charge in [0.05, 0.1) is 18.3 Å². The molecule has 0 aliphatic rings. The van der Waals surface area contributed by atoms with Crippen molar-refractivity contribution in [2.24, 2.45) is 0 Å². The van der Waals surface area contributed by atoms with Crippen molar-refractivity contribution < 1.29 is 9.18 Å². The van der Waals surface area contributed by atoms with Gasteiger partial charge in [-0.3, -0.25) is 14.2 Å². The Morgan fingerprint density at radius 2 is 1.84 bits per heavy atom. The van der Waals surface area contributed by atoms with E-state index in [0.29, 0.717) is 33.9 Å². The Balaban J connectivity index is 1.63. The minimum Gasteiger partial charge on any atom is -0.355 e. The standard InChI is InChI=1S/C34H35FN6O2/c1-20-18-40(31-14-13-25(35)16-29(20)31)26-10-7-9-24(15-26)19-41-32(27-11-8-12-28(21(27)2)33(42)37-6)38-17-30(34(41)43)39-23(4)22(3)36-5/h7-18,22,36,39H,4,19H2,1-3,5-6H3,(H,37,42)/t22-/m0/s1. The molecule has 43 heavy (non-hydrogen) atoms. The molecule has 3 N–H and O–H groups in total. The molecule has 2 heterocycles. The Labute approximate surface area is 249 Å². The molecule has 0 unspecified atom stereocenters. The van der Waals surface area contributed by atoms with Gasteiger partial charge in [-0.1, -0.05) is 30.8 Å². The number of likely N-dealkylation sites (N-methyl/N-ethyl adjacent to an activating group) is 1. The van der Waals surface area contributed by atoms with Crippen molar-refractivity contribution in [3.63, 3.8) is 0 Å². The molecule has 0 saturated carbocycles. The molecule has 0 spiro atoms. The Hall–Kier alpha value is -5.02. The van der Waals surface area contributed by atoms with Gasteiger partial charge in [-0.2, -0.15) is 0 Å². The van der Waals surface area contributed by atoms with Crippen molar-refractivity contribution in [3.05, 3.63) is 124 Å². The third-order valence-electron chi connectivity index (χ3n) is 7.84. The molecule has 0 fully saturated rings. The minimum absolute atomic E-state index is 0.0796. The minimum atomic E-state index is -0.280. The monoisotopic (exact) mass is 578 g/mol. The average Bonchev–Trinajstić information content (AvgIpc) is 3.34. The summed E-state index contributed by atoms with van der Waals surface area (Å²) in [6.07, 6.45) is 3.49. The molecule has 0 saturated heterocycles. The highest BCUT2D eigenvalue weighted by Gasteiger charge is 2.19. The summed E-state index contributed by atoms with van der Waals surface area (Å²) in [7, 11) is 3.40. The second-order valence-corrected chi connectivity index (χ2v) is 10.6. The van der Waals surface area contributed by atoms with Crippen LogP contribution in [0.25, 0.3) is 28.0 Å². The molecule has 3 aromatic carbocycles. The van der Waals surface area contributed by atoms with Crippen LogP contribution in [0.1, 0.15) is 34.0 Å². The summed E-state index contributed by atoms with van der Waals surface area (Å²) in [6, 6.07) is 18.0. The zero-order valence-electron chi connectivity index (χ0n) is 25.0. The molecule has 0 radical (unpaired) electrons. The van der Waals surface area contributed by atoms with E-state index in [0.717, 1.165) is 27.7 Å². The summed E-state index contributed by atoms with van der Waals surface area (Å²) in [6.45, 7) is 10.0. The van der Waals surface area contributed by atoms with Gasteiger partial charge in [-0.15, -0.1) is 0 Å². The second-order valence-electron chi connectivity index (χ2n) is 10.6. The molecule has 0 aliphatic heterocycles. The number of benzene rings is 3. The lowest BCUT2D eigenvalue weighted by Crippen LogP contribution is -2.31. The van der Waals surface area contributed by atoms with Crippen LogP contribution in [0.5, 0.6) is 0 Å². The summed E-state index contributed by atoms with van der Waals surface area (Å²) in [5, 5.41) is 9.76. The summed E-state index contributed by atoms with van der Waals surface area (Å²) >= 11 is 0. The molecule has 220 valence electrons. The first kappa shape index (κ1) is 29.5. The third-order valence-corrected chi connectivity index (χ3v) is 7.84. The van der Waals surface area contributed by atoms with Crippen LogP contribution in [0.4, 0.5) is 10.1 Å². The smallest absolute Gasteiger partial charge is 0.277 e. The molecule has 5 aromatic rings. The van der Waals surface area contributed by atoms with Crippen molar-refractivity contribution in [3.8, 4) is 17.1 Å². The van der Waals surface area contributed by atoms with E-state index in [1.54, 1.807) is 35.9 Å². The zero-order chi connectivity index (χ0) is 30.8. The van der Waals surface area contributed by atoms with Crippen LogP contribution in [0.2, 0.25) is 0 Å². The maximum atomic E-state index is 14.0. The molecule has 1 amide bonds. The highest BCUT2D eigenvalue weighted by molar-refractivity contribution is 5.97. The van der Waals surface area contributed by atoms with E-state index in [1.165, 1.54) is 12.3 Å². The lowest BCUT2D eigenvalue weighted by Gasteiger charge is -2.19. The van der Waals surface area contributed by atoms with Gasteiger partial charge in [0.2, 0.25) is 0 Å². The number of amides is 1. The van der Waals surface area contributed by atoms with Crippen LogP contribution in [-0.4, -0.2) is 40.2 Å². The van der Waals surface area contributed by atoms with E-state index < -0.39 is 0 Å². The van der Waals surface area contributed by atoms with Crippen LogP contribution in [0.3, 0.4) is 0 Å². The highest BCUT2D eigenvalue weighted by Crippen LogP contribution is 2.28. The fraction of sp³-hybridized carbons (Fsp3) is 0.206. The number of hydrogen-bond acceptors (Lipinski definition) is 5. The van der Waals surface area contributed by atoms with Gasteiger partial charge in [0, 0.05) is 47.2 Å². The van der Waals surface area contributed by atoms with E-state index in [-0.39, 0.29) is 29.9 Å². The van der Waals surface area contributed by atoms with Gasteiger partial charge >= 0.3 is 0 Å². The van der Waals surface area contributed by atoms with Crippen molar-refractivity contribution >= 4 is 22.5 Å². The molecular formula is C34H35FN6O2. The molecule has 2 aromatic heterocycles. The van der Waals surface area contributed by atoms with E-state index in [9.17, 15) is 14.0 Å². The number of fused-ring (bicyclic) bond motifs is 1. The summed E-state index contributed by atoms with van der Waals surface area (Å²) in [5.41, 5.74) is 6.15. The molecule has 5 rings (SSSR count). The molecule has 0 aliphatic carbocycles. The van der Waals surface area contributed by atoms with E-state index in [2.05, 4.69) is 22.5 Å². The van der Waals surface area contributed by atoms with Gasteiger partial charge in [-0.25, -0.2) is 9.37 Å². The summed E-state index contributed by atoms with van der Waals surface area (Å²) in [4.78, 5) is 31.3. The topological polar surface area (TPSA) is 93.0 Å². The molecular weight excluding hydrogens is 543 g/mol. The van der Waals surface area contributed by atoms with Crippen molar-refractivity contribution in [1.82, 2.24) is 24.8 Å². The highest BCUT2D eigenvalue weighted by atomic mass is 19.1. The number of halogens is 1. The van der Waals surface area contributed by atoms with Crippen molar-refractivity contribution in [1.29, 1.82) is 0 Å².